The molecule has 1 aromatic carbocycles. The van der Waals surface area contributed by atoms with Crippen LogP contribution < -0.4 is 15.5 Å². The number of hydrogen-bond acceptors (Lipinski definition) is 5. The first-order valence-electron chi connectivity index (χ1n) is 12.5. The molecule has 4 aliphatic rings. The van der Waals surface area contributed by atoms with Crippen LogP contribution in [-0.4, -0.2) is 65.3 Å². The van der Waals surface area contributed by atoms with Crippen LogP contribution in [-0.2, 0) is 14.4 Å². The van der Waals surface area contributed by atoms with Gasteiger partial charge in [0.25, 0.3) is 0 Å². The van der Waals surface area contributed by atoms with Crippen LogP contribution in [0.25, 0.3) is 0 Å². The average molecular weight is 527 g/mol. The molecule has 2 fully saturated rings. The van der Waals surface area contributed by atoms with Crippen molar-refractivity contribution in [2.24, 2.45) is 5.92 Å². The first-order chi connectivity index (χ1) is 17.4. The number of carbonyl (C=O) groups is 3. The van der Waals surface area contributed by atoms with Crippen LogP contribution >= 0.6 is 23.4 Å². The average Bonchev–Trinajstić information content (AvgIpc) is 3.62. The number of thioether (sulfide) groups is 1. The van der Waals surface area contributed by atoms with Crippen molar-refractivity contribution < 1.29 is 14.4 Å². The minimum Gasteiger partial charge on any atom is -0.355 e. The van der Waals surface area contributed by atoms with Gasteiger partial charge in [-0.2, -0.15) is 0 Å². The Hall–Kier alpha value is -2.55. The van der Waals surface area contributed by atoms with E-state index in [0.29, 0.717) is 24.5 Å². The molecule has 0 saturated carbocycles. The van der Waals surface area contributed by atoms with Gasteiger partial charge >= 0.3 is 0 Å². The highest BCUT2D eigenvalue weighted by molar-refractivity contribution is 8.02. The van der Waals surface area contributed by atoms with Gasteiger partial charge in [0.05, 0.1) is 6.04 Å². The Balaban J connectivity index is 1.11. The van der Waals surface area contributed by atoms with E-state index >= 15 is 0 Å². The Morgan fingerprint density at radius 2 is 1.94 bits per heavy atom. The molecule has 190 valence electrons. The quantitative estimate of drug-likeness (QED) is 0.566. The van der Waals surface area contributed by atoms with Crippen molar-refractivity contribution in [2.45, 2.75) is 42.7 Å². The monoisotopic (exact) mass is 526 g/mol. The Labute approximate surface area is 221 Å². The van der Waals surface area contributed by atoms with Crippen LogP contribution in [0.5, 0.6) is 0 Å². The maximum atomic E-state index is 12.7. The van der Waals surface area contributed by atoms with Gasteiger partial charge < -0.3 is 15.5 Å². The molecule has 2 saturated heterocycles. The molecule has 4 atom stereocenters. The molecule has 3 amide bonds. The lowest BCUT2D eigenvalue weighted by atomic mass is 10.1. The lowest BCUT2D eigenvalue weighted by Crippen LogP contribution is -2.40. The van der Waals surface area contributed by atoms with E-state index < -0.39 is 0 Å². The normalized spacial score (nSPS) is 26.4. The Morgan fingerprint density at radius 3 is 2.69 bits per heavy atom. The van der Waals surface area contributed by atoms with E-state index in [1.807, 2.05) is 55.5 Å². The third-order valence-electron chi connectivity index (χ3n) is 7.24. The molecule has 7 nitrogen and oxygen atoms in total. The van der Waals surface area contributed by atoms with Gasteiger partial charge in [-0.1, -0.05) is 23.8 Å². The van der Waals surface area contributed by atoms with Crippen LogP contribution in [0, 0.1) is 5.92 Å². The highest BCUT2D eigenvalue weighted by Crippen LogP contribution is 2.38. The first kappa shape index (κ1) is 25.1. The Bertz CT molecular complexity index is 1130. The van der Waals surface area contributed by atoms with Crippen molar-refractivity contribution in [3.05, 3.63) is 59.2 Å². The van der Waals surface area contributed by atoms with Crippen molar-refractivity contribution >= 4 is 52.5 Å². The van der Waals surface area contributed by atoms with Crippen molar-refractivity contribution in [2.75, 3.05) is 36.4 Å². The summed E-state index contributed by atoms with van der Waals surface area (Å²) in [4.78, 5) is 41.9. The van der Waals surface area contributed by atoms with Crippen LogP contribution in [0.4, 0.5) is 11.4 Å². The Morgan fingerprint density at radius 1 is 1.19 bits per heavy atom. The van der Waals surface area contributed by atoms with Gasteiger partial charge in [-0.3, -0.25) is 19.3 Å². The summed E-state index contributed by atoms with van der Waals surface area (Å²) in [5, 5.41) is 6.61. The molecular weight excluding hydrogens is 496 g/mol. The zero-order chi connectivity index (χ0) is 25.2. The number of allylic oxidation sites excluding steroid dienone is 3. The minimum atomic E-state index is -0.252. The zero-order valence-corrected chi connectivity index (χ0v) is 21.9. The molecule has 3 aliphatic heterocycles. The number of anilines is 2. The predicted molar refractivity (Wildman–Crippen MR) is 145 cm³/mol. The minimum absolute atomic E-state index is 0.0110. The maximum absolute atomic E-state index is 12.7. The molecule has 9 heteroatoms. The van der Waals surface area contributed by atoms with Gasteiger partial charge in [0.15, 0.2) is 0 Å². The topological polar surface area (TPSA) is 81.8 Å². The van der Waals surface area contributed by atoms with E-state index in [9.17, 15) is 14.4 Å². The van der Waals surface area contributed by atoms with Gasteiger partial charge in [-0.25, -0.2) is 0 Å². The molecule has 3 heterocycles. The summed E-state index contributed by atoms with van der Waals surface area (Å²) in [5.41, 5.74) is 2.59. The van der Waals surface area contributed by atoms with Crippen LogP contribution in [0.1, 0.15) is 26.2 Å². The largest absolute Gasteiger partial charge is 0.355 e. The number of carbonyl (C=O) groups excluding carboxylic acids is 3. The summed E-state index contributed by atoms with van der Waals surface area (Å²) < 4.78 is 0. The van der Waals surface area contributed by atoms with Crippen molar-refractivity contribution in [1.82, 2.24) is 10.2 Å². The number of rotatable bonds is 7. The molecule has 0 bridgehead atoms. The molecule has 1 aromatic rings. The van der Waals surface area contributed by atoms with Gasteiger partial charge in [0.1, 0.15) is 5.25 Å². The van der Waals surface area contributed by atoms with E-state index in [2.05, 4.69) is 15.5 Å². The van der Waals surface area contributed by atoms with Crippen LogP contribution in [0.15, 0.2) is 59.2 Å². The molecular formula is C27H31ClN4O3S. The molecule has 5 rings (SSSR count). The summed E-state index contributed by atoms with van der Waals surface area (Å²) in [7, 11) is 0. The second-order valence-electron chi connectivity index (χ2n) is 9.81. The molecule has 36 heavy (non-hydrogen) atoms. The summed E-state index contributed by atoms with van der Waals surface area (Å²) in [5.74, 6) is 0.0526. The van der Waals surface area contributed by atoms with Crippen LogP contribution in [0.2, 0.25) is 0 Å². The number of likely N-dealkylation sites (tertiary alicyclic amines) is 1. The SMILES string of the molecule is CC(C(=O)Nc1ccc(N2CC(CNC(=O)C3C=C4C=C(Cl)C=CC4S3)CC2=O)cc1)N1CCCC1. The standard InChI is InChI=1S/C27H31ClN4O3S/c1-17(31-10-2-3-11-31)26(34)30-21-5-7-22(8-6-21)32-16-18(12-25(32)33)15-29-27(35)24-14-19-13-20(28)4-9-23(19)36-24/h4-9,13-14,17-18,23-24H,2-3,10-12,15-16H2,1H3,(H,29,35)(H,30,34). The van der Waals surface area contributed by atoms with Gasteiger partial charge in [0, 0.05) is 47.1 Å². The van der Waals surface area contributed by atoms with E-state index in [1.165, 1.54) is 0 Å². The number of amides is 3. The highest BCUT2D eigenvalue weighted by atomic mass is 35.5. The molecule has 0 radical (unpaired) electrons. The highest BCUT2D eigenvalue weighted by Gasteiger charge is 2.33. The Kier molecular flexibility index (Phi) is 7.55. The van der Waals surface area contributed by atoms with Gasteiger partial charge in [0.2, 0.25) is 17.7 Å². The lowest BCUT2D eigenvalue weighted by Gasteiger charge is -2.23. The van der Waals surface area contributed by atoms with E-state index in [1.54, 1.807) is 16.7 Å². The second kappa shape index (κ2) is 10.8. The number of nitrogens with one attached hydrogen (secondary N) is 2. The third-order valence-corrected chi connectivity index (χ3v) is 8.84. The fraction of sp³-hybridized carbons (Fsp3) is 0.444. The van der Waals surface area contributed by atoms with Gasteiger partial charge in [-0.05, 0) is 74.8 Å². The number of halogens is 1. The summed E-state index contributed by atoms with van der Waals surface area (Å²) in [6, 6.07) is 7.25. The molecule has 2 N–H and O–H groups in total. The fourth-order valence-electron chi connectivity index (χ4n) is 5.14. The summed E-state index contributed by atoms with van der Waals surface area (Å²) in [6.45, 7) is 4.89. The van der Waals surface area contributed by atoms with Gasteiger partial charge in [-0.15, -0.1) is 11.8 Å². The lowest BCUT2D eigenvalue weighted by molar-refractivity contribution is -0.121. The fourth-order valence-corrected chi connectivity index (χ4v) is 6.57. The summed E-state index contributed by atoms with van der Waals surface area (Å²) >= 11 is 7.66. The number of benzene rings is 1. The second-order valence-corrected chi connectivity index (χ2v) is 11.5. The van der Waals surface area contributed by atoms with E-state index in [-0.39, 0.29) is 40.2 Å². The third kappa shape index (κ3) is 5.56. The van der Waals surface area contributed by atoms with Crippen molar-refractivity contribution in [3.8, 4) is 0 Å². The number of nitrogens with zero attached hydrogens (tertiary/aromatic N) is 2. The molecule has 0 aromatic heterocycles. The van der Waals surface area contributed by atoms with Crippen molar-refractivity contribution in [3.63, 3.8) is 0 Å². The molecule has 4 unspecified atom stereocenters. The van der Waals surface area contributed by atoms with E-state index in [0.717, 1.165) is 42.9 Å². The summed E-state index contributed by atoms with van der Waals surface area (Å²) in [6.07, 6.45) is 10.4. The van der Waals surface area contributed by atoms with Crippen LogP contribution in [0.3, 0.4) is 0 Å². The number of hydrogen-bond donors (Lipinski definition) is 2. The molecule has 1 aliphatic carbocycles. The number of fused-ring (bicyclic) bond motifs is 1. The smallest absolute Gasteiger partial charge is 0.241 e. The van der Waals surface area contributed by atoms with E-state index in [4.69, 9.17) is 11.6 Å². The zero-order valence-electron chi connectivity index (χ0n) is 20.3. The maximum Gasteiger partial charge on any atom is 0.241 e. The molecule has 0 spiro atoms. The predicted octanol–water partition coefficient (Wildman–Crippen LogP) is 3.68. The first-order valence-corrected chi connectivity index (χ1v) is 13.8. The van der Waals surface area contributed by atoms with Crippen molar-refractivity contribution in [1.29, 1.82) is 0 Å².